The summed E-state index contributed by atoms with van der Waals surface area (Å²) in [5, 5.41) is 3.71. The highest BCUT2D eigenvalue weighted by molar-refractivity contribution is 6.28. The molecular formula is C12H20ClNO2. The molecule has 0 atom stereocenters. The van der Waals surface area contributed by atoms with Gasteiger partial charge in [-0.15, -0.1) is 0 Å². The first kappa shape index (κ1) is 13.6. The summed E-state index contributed by atoms with van der Waals surface area (Å²) in [6, 6.07) is 3.63. The van der Waals surface area contributed by atoms with Gasteiger partial charge in [0.05, 0.1) is 6.54 Å². The normalized spacial score (nSPS) is 11.2. The van der Waals surface area contributed by atoms with E-state index in [2.05, 4.69) is 19.2 Å². The van der Waals surface area contributed by atoms with Crippen molar-refractivity contribution in [1.29, 1.82) is 0 Å². The third-order valence-electron chi connectivity index (χ3n) is 2.02. The second-order valence-electron chi connectivity index (χ2n) is 4.20. The second kappa shape index (κ2) is 7.71. The number of hydrogen-bond donors (Lipinski definition) is 1. The lowest BCUT2D eigenvalue weighted by Gasteiger charge is -2.06. The van der Waals surface area contributed by atoms with E-state index in [9.17, 15) is 0 Å². The highest BCUT2D eigenvalue weighted by Gasteiger charge is 1.98. The van der Waals surface area contributed by atoms with Crippen molar-refractivity contribution >= 4 is 11.6 Å². The highest BCUT2D eigenvalue weighted by atomic mass is 35.5. The number of nitrogens with one attached hydrogen (secondary N) is 1. The van der Waals surface area contributed by atoms with Crippen molar-refractivity contribution in [2.45, 2.75) is 26.8 Å². The average molecular weight is 246 g/mol. The zero-order valence-corrected chi connectivity index (χ0v) is 10.7. The van der Waals surface area contributed by atoms with Gasteiger partial charge in [0, 0.05) is 13.2 Å². The molecule has 1 rings (SSSR count). The van der Waals surface area contributed by atoms with Crippen molar-refractivity contribution in [3.63, 3.8) is 0 Å². The van der Waals surface area contributed by atoms with Crippen molar-refractivity contribution in [3.8, 4) is 0 Å². The van der Waals surface area contributed by atoms with Crippen molar-refractivity contribution in [3.05, 3.63) is 23.1 Å². The monoisotopic (exact) mass is 245 g/mol. The zero-order chi connectivity index (χ0) is 11.8. The Hall–Kier alpha value is -0.510. The van der Waals surface area contributed by atoms with Crippen LogP contribution in [0.4, 0.5) is 0 Å². The molecule has 0 unspecified atom stereocenters. The summed E-state index contributed by atoms with van der Waals surface area (Å²) >= 11 is 5.66. The molecular weight excluding hydrogens is 226 g/mol. The Balaban J connectivity index is 1.92. The standard InChI is InChI=1S/C12H20ClNO2/c1-10(2)9-15-7-3-6-14-8-11-4-5-12(13)16-11/h4-5,10,14H,3,6-9H2,1-2H3. The Kier molecular flexibility index (Phi) is 6.53. The molecule has 0 aromatic carbocycles. The summed E-state index contributed by atoms with van der Waals surface area (Å²) in [6.07, 6.45) is 1.02. The average Bonchev–Trinajstić information content (AvgIpc) is 2.62. The molecule has 0 spiro atoms. The molecule has 1 N–H and O–H groups in total. The Morgan fingerprint density at radius 2 is 2.25 bits per heavy atom. The van der Waals surface area contributed by atoms with E-state index in [0.717, 1.165) is 38.5 Å². The minimum absolute atomic E-state index is 0.442. The highest BCUT2D eigenvalue weighted by Crippen LogP contribution is 2.12. The molecule has 16 heavy (non-hydrogen) atoms. The third-order valence-corrected chi connectivity index (χ3v) is 2.22. The van der Waals surface area contributed by atoms with Crippen LogP contribution in [0.15, 0.2) is 16.5 Å². The fraction of sp³-hybridized carbons (Fsp3) is 0.667. The predicted octanol–water partition coefficient (Wildman–Crippen LogP) is 3.09. The smallest absolute Gasteiger partial charge is 0.193 e. The summed E-state index contributed by atoms with van der Waals surface area (Å²) in [5.74, 6) is 1.48. The van der Waals surface area contributed by atoms with Gasteiger partial charge in [-0.1, -0.05) is 13.8 Å². The van der Waals surface area contributed by atoms with E-state index in [1.807, 2.05) is 6.07 Å². The van der Waals surface area contributed by atoms with E-state index in [1.165, 1.54) is 0 Å². The maximum Gasteiger partial charge on any atom is 0.193 e. The van der Waals surface area contributed by atoms with Crippen LogP contribution in [0.25, 0.3) is 0 Å². The summed E-state index contributed by atoms with van der Waals surface area (Å²) in [6.45, 7) is 7.60. The van der Waals surface area contributed by atoms with Gasteiger partial charge >= 0.3 is 0 Å². The summed E-state index contributed by atoms with van der Waals surface area (Å²) in [7, 11) is 0. The maximum absolute atomic E-state index is 5.66. The summed E-state index contributed by atoms with van der Waals surface area (Å²) < 4.78 is 10.7. The van der Waals surface area contributed by atoms with E-state index in [1.54, 1.807) is 6.07 Å². The predicted molar refractivity (Wildman–Crippen MR) is 65.7 cm³/mol. The Morgan fingerprint density at radius 1 is 1.44 bits per heavy atom. The van der Waals surface area contributed by atoms with Gasteiger partial charge in [0.25, 0.3) is 0 Å². The van der Waals surface area contributed by atoms with Crippen molar-refractivity contribution in [1.82, 2.24) is 5.32 Å². The fourth-order valence-corrected chi connectivity index (χ4v) is 1.44. The second-order valence-corrected chi connectivity index (χ2v) is 4.58. The first-order chi connectivity index (χ1) is 7.68. The SMILES string of the molecule is CC(C)COCCCNCc1ccc(Cl)o1. The van der Waals surface area contributed by atoms with Crippen LogP contribution in [0, 0.1) is 5.92 Å². The van der Waals surface area contributed by atoms with Crippen LogP contribution in [-0.2, 0) is 11.3 Å². The van der Waals surface area contributed by atoms with Gasteiger partial charge in [0.2, 0.25) is 0 Å². The quantitative estimate of drug-likeness (QED) is 0.715. The zero-order valence-electron chi connectivity index (χ0n) is 9.96. The number of halogens is 1. The molecule has 0 aliphatic rings. The molecule has 3 nitrogen and oxygen atoms in total. The third kappa shape index (κ3) is 6.16. The van der Waals surface area contributed by atoms with E-state index < -0.39 is 0 Å². The number of hydrogen-bond acceptors (Lipinski definition) is 3. The van der Waals surface area contributed by atoms with Crippen LogP contribution in [0.3, 0.4) is 0 Å². The molecule has 1 aromatic heterocycles. The van der Waals surface area contributed by atoms with Crippen molar-refractivity contribution in [2.75, 3.05) is 19.8 Å². The molecule has 0 saturated carbocycles. The van der Waals surface area contributed by atoms with E-state index >= 15 is 0 Å². The van der Waals surface area contributed by atoms with Crippen LogP contribution in [-0.4, -0.2) is 19.8 Å². The molecule has 92 valence electrons. The van der Waals surface area contributed by atoms with E-state index in [0.29, 0.717) is 11.1 Å². The van der Waals surface area contributed by atoms with Gasteiger partial charge in [0.1, 0.15) is 5.76 Å². The van der Waals surface area contributed by atoms with Crippen LogP contribution in [0.2, 0.25) is 5.22 Å². The van der Waals surface area contributed by atoms with Gasteiger partial charge < -0.3 is 14.5 Å². The van der Waals surface area contributed by atoms with Crippen molar-refractivity contribution in [2.24, 2.45) is 5.92 Å². The molecule has 1 aromatic rings. The van der Waals surface area contributed by atoms with Crippen LogP contribution >= 0.6 is 11.6 Å². The van der Waals surface area contributed by atoms with Crippen LogP contribution in [0.5, 0.6) is 0 Å². The minimum Gasteiger partial charge on any atom is -0.448 e. The minimum atomic E-state index is 0.442. The fourth-order valence-electron chi connectivity index (χ4n) is 1.28. The largest absolute Gasteiger partial charge is 0.448 e. The molecule has 1 heterocycles. The molecule has 4 heteroatoms. The molecule has 0 amide bonds. The molecule has 0 saturated heterocycles. The summed E-state index contributed by atoms with van der Waals surface area (Å²) in [5.41, 5.74) is 0. The van der Waals surface area contributed by atoms with E-state index in [4.69, 9.17) is 20.8 Å². The Labute approximate surface area is 102 Å². The molecule has 0 aliphatic heterocycles. The lowest BCUT2D eigenvalue weighted by Crippen LogP contribution is -2.16. The topological polar surface area (TPSA) is 34.4 Å². The number of furan rings is 1. The maximum atomic E-state index is 5.66. The lowest BCUT2D eigenvalue weighted by molar-refractivity contribution is 0.108. The number of ether oxygens (including phenoxy) is 1. The Bertz CT molecular complexity index is 286. The molecule has 0 radical (unpaired) electrons. The first-order valence-corrected chi connectivity index (χ1v) is 6.09. The Morgan fingerprint density at radius 3 is 2.88 bits per heavy atom. The van der Waals surface area contributed by atoms with Crippen LogP contribution in [0.1, 0.15) is 26.0 Å². The first-order valence-electron chi connectivity index (χ1n) is 5.71. The molecule has 0 bridgehead atoms. The number of rotatable bonds is 8. The van der Waals surface area contributed by atoms with Gasteiger partial charge in [0.15, 0.2) is 5.22 Å². The molecule has 0 fully saturated rings. The molecule has 0 aliphatic carbocycles. The van der Waals surface area contributed by atoms with Gasteiger partial charge in [-0.05, 0) is 42.6 Å². The lowest BCUT2D eigenvalue weighted by atomic mass is 10.2. The van der Waals surface area contributed by atoms with Crippen molar-refractivity contribution < 1.29 is 9.15 Å². The van der Waals surface area contributed by atoms with Gasteiger partial charge in [-0.2, -0.15) is 0 Å². The van der Waals surface area contributed by atoms with Gasteiger partial charge in [-0.3, -0.25) is 0 Å². The summed E-state index contributed by atoms with van der Waals surface area (Å²) in [4.78, 5) is 0. The van der Waals surface area contributed by atoms with Crippen LogP contribution < -0.4 is 5.32 Å². The van der Waals surface area contributed by atoms with E-state index in [-0.39, 0.29) is 0 Å². The van der Waals surface area contributed by atoms with Gasteiger partial charge in [-0.25, -0.2) is 0 Å².